The second-order valence-corrected chi connectivity index (χ2v) is 5.09. The minimum atomic E-state index is -0.433. The van der Waals surface area contributed by atoms with Gasteiger partial charge in [0.05, 0.1) is 17.1 Å². The second-order valence-electron chi connectivity index (χ2n) is 5.09. The number of nitrogens with two attached hydrogens (primary N) is 1. The largest absolute Gasteiger partial charge is 0.376 e. The molecule has 0 amide bonds. The number of ether oxygens (including phenoxy) is 1. The van der Waals surface area contributed by atoms with E-state index in [2.05, 4.69) is 10.3 Å². The number of hydrogen-bond donors (Lipinski definition) is 2. The summed E-state index contributed by atoms with van der Waals surface area (Å²) in [6.07, 6.45) is 1.16. The number of nitrogens with zero attached hydrogens (tertiary/aromatic N) is 2. The number of pyridine rings is 1. The molecule has 4 unspecified atom stereocenters. The van der Waals surface area contributed by atoms with Gasteiger partial charge in [0, 0.05) is 24.6 Å². The van der Waals surface area contributed by atoms with Gasteiger partial charge in [-0.25, -0.2) is 4.98 Å². The van der Waals surface area contributed by atoms with Gasteiger partial charge >= 0.3 is 0 Å². The summed E-state index contributed by atoms with van der Waals surface area (Å²) >= 11 is 0. The summed E-state index contributed by atoms with van der Waals surface area (Å²) in [5, 5.41) is 14.0. The van der Waals surface area contributed by atoms with E-state index in [1.807, 2.05) is 0 Å². The van der Waals surface area contributed by atoms with Gasteiger partial charge in [-0.05, 0) is 19.4 Å². The van der Waals surface area contributed by atoms with E-state index in [9.17, 15) is 10.1 Å². The number of anilines is 1. The monoisotopic (exact) mass is 264 g/mol. The Morgan fingerprint density at radius 2 is 2.37 bits per heavy atom. The van der Waals surface area contributed by atoms with E-state index in [0.29, 0.717) is 17.4 Å². The maximum atomic E-state index is 10.7. The average molecular weight is 264 g/mol. The molecule has 4 atom stereocenters. The van der Waals surface area contributed by atoms with E-state index < -0.39 is 4.92 Å². The van der Waals surface area contributed by atoms with Crippen molar-refractivity contribution < 1.29 is 9.66 Å². The molecule has 1 aromatic heterocycles. The van der Waals surface area contributed by atoms with Crippen molar-refractivity contribution in [2.45, 2.75) is 31.5 Å². The smallest absolute Gasteiger partial charge is 0.290 e. The Bertz CT molecular complexity index is 522. The molecule has 7 nitrogen and oxygen atoms in total. The lowest BCUT2D eigenvalue weighted by Gasteiger charge is -2.45. The summed E-state index contributed by atoms with van der Waals surface area (Å²) in [6.45, 7) is 2.38. The molecule has 0 radical (unpaired) electrons. The summed E-state index contributed by atoms with van der Waals surface area (Å²) in [6, 6.07) is 3.17. The van der Waals surface area contributed by atoms with Crippen molar-refractivity contribution in [3.05, 3.63) is 27.9 Å². The summed E-state index contributed by atoms with van der Waals surface area (Å²) in [5.74, 6) is 1.04. The fourth-order valence-electron chi connectivity index (χ4n) is 2.93. The molecular formula is C12H16N4O3. The van der Waals surface area contributed by atoms with Gasteiger partial charge in [0.15, 0.2) is 0 Å². The van der Waals surface area contributed by atoms with Crippen LogP contribution >= 0.6 is 0 Å². The van der Waals surface area contributed by atoms with Gasteiger partial charge in [0.2, 0.25) is 0 Å². The summed E-state index contributed by atoms with van der Waals surface area (Å²) in [7, 11) is 0. The lowest BCUT2D eigenvalue weighted by atomic mass is 9.72. The van der Waals surface area contributed by atoms with E-state index in [1.165, 1.54) is 6.07 Å². The molecule has 1 aliphatic heterocycles. The van der Waals surface area contributed by atoms with Crippen LogP contribution in [0.2, 0.25) is 0 Å². The molecule has 19 heavy (non-hydrogen) atoms. The van der Waals surface area contributed by atoms with Crippen LogP contribution in [-0.2, 0) is 4.74 Å². The molecular weight excluding hydrogens is 248 g/mol. The molecule has 1 saturated heterocycles. The first-order chi connectivity index (χ1) is 9.08. The third-order valence-corrected chi connectivity index (χ3v) is 4.02. The summed E-state index contributed by atoms with van der Waals surface area (Å²) < 4.78 is 5.62. The Morgan fingerprint density at radius 1 is 1.58 bits per heavy atom. The van der Waals surface area contributed by atoms with Crippen LogP contribution in [0.25, 0.3) is 0 Å². The SMILES string of the molecule is Cc1nc(NC2C(N)C3CCOC32)ccc1[N+](=O)[O-]. The van der Waals surface area contributed by atoms with Crippen LogP contribution in [0.15, 0.2) is 12.1 Å². The van der Waals surface area contributed by atoms with Crippen molar-refractivity contribution in [2.24, 2.45) is 11.7 Å². The standard InChI is InChI=1S/C12H16N4O3/c1-6-8(16(17)18)2-3-9(14-6)15-11-10(13)7-4-5-19-12(7)11/h2-3,7,10-12H,4-5,13H2,1H3,(H,14,15). The van der Waals surface area contributed by atoms with Crippen LogP contribution in [0.1, 0.15) is 12.1 Å². The zero-order valence-corrected chi connectivity index (χ0v) is 10.6. The van der Waals surface area contributed by atoms with E-state index in [4.69, 9.17) is 10.5 Å². The normalized spacial score (nSPS) is 32.5. The van der Waals surface area contributed by atoms with Gasteiger partial charge in [-0.2, -0.15) is 0 Å². The summed E-state index contributed by atoms with van der Waals surface area (Å²) in [4.78, 5) is 14.5. The van der Waals surface area contributed by atoms with Crippen LogP contribution < -0.4 is 11.1 Å². The maximum Gasteiger partial charge on any atom is 0.290 e. The topological polar surface area (TPSA) is 103 Å². The zero-order chi connectivity index (χ0) is 13.6. The highest BCUT2D eigenvalue weighted by Crippen LogP contribution is 2.39. The van der Waals surface area contributed by atoms with Crippen LogP contribution in [0.3, 0.4) is 0 Å². The van der Waals surface area contributed by atoms with Gasteiger partial charge in [-0.15, -0.1) is 0 Å². The molecule has 0 spiro atoms. The number of nitro groups is 1. The highest BCUT2D eigenvalue weighted by atomic mass is 16.6. The first kappa shape index (κ1) is 12.3. The lowest BCUT2D eigenvalue weighted by molar-refractivity contribution is -0.385. The fraction of sp³-hybridized carbons (Fsp3) is 0.583. The maximum absolute atomic E-state index is 10.7. The van der Waals surface area contributed by atoms with Crippen LogP contribution in [-0.4, -0.2) is 34.7 Å². The molecule has 1 aromatic rings. The molecule has 2 aliphatic rings. The van der Waals surface area contributed by atoms with E-state index in [0.717, 1.165) is 13.0 Å². The average Bonchev–Trinajstić information content (AvgIpc) is 2.80. The van der Waals surface area contributed by atoms with E-state index in [-0.39, 0.29) is 23.9 Å². The molecule has 0 bridgehead atoms. The van der Waals surface area contributed by atoms with Gasteiger partial charge in [0.1, 0.15) is 11.5 Å². The Balaban J connectivity index is 1.74. The van der Waals surface area contributed by atoms with Crippen molar-refractivity contribution in [1.82, 2.24) is 4.98 Å². The Labute approximate surface area is 110 Å². The van der Waals surface area contributed by atoms with E-state index in [1.54, 1.807) is 13.0 Å². The first-order valence-electron chi connectivity index (χ1n) is 6.33. The highest BCUT2D eigenvalue weighted by Gasteiger charge is 2.52. The number of aromatic nitrogens is 1. The Morgan fingerprint density at radius 3 is 3.05 bits per heavy atom. The minimum Gasteiger partial charge on any atom is -0.376 e. The minimum absolute atomic E-state index is 0.0263. The molecule has 102 valence electrons. The Kier molecular flexibility index (Phi) is 2.87. The Hall–Kier alpha value is -1.73. The molecule has 2 heterocycles. The van der Waals surface area contributed by atoms with Crippen LogP contribution in [0.5, 0.6) is 0 Å². The number of hydrogen-bond acceptors (Lipinski definition) is 6. The quantitative estimate of drug-likeness (QED) is 0.619. The van der Waals surface area contributed by atoms with Gasteiger partial charge < -0.3 is 15.8 Å². The summed E-state index contributed by atoms with van der Waals surface area (Å²) in [5.41, 5.74) is 6.51. The first-order valence-corrected chi connectivity index (χ1v) is 6.33. The highest BCUT2D eigenvalue weighted by molar-refractivity contribution is 5.46. The zero-order valence-electron chi connectivity index (χ0n) is 10.6. The van der Waals surface area contributed by atoms with Crippen LogP contribution in [0.4, 0.5) is 11.5 Å². The molecule has 1 aliphatic carbocycles. The van der Waals surface area contributed by atoms with Crippen molar-refractivity contribution in [1.29, 1.82) is 0 Å². The second kappa shape index (κ2) is 4.43. The lowest BCUT2D eigenvalue weighted by Crippen LogP contribution is -2.65. The van der Waals surface area contributed by atoms with Crippen molar-refractivity contribution >= 4 is 11.5 Å². The fourth-order valence-corrected chi connectivity index (χ4v) is 2.93. The van der Waals surface area contributed by atoms with E-state index >= 15 is 0 Å². The van der Waals surface area contributed by atoms with Gasteiger partial charge in [-0.1, -0.05) is 0 Å². The van der Waals surface area contributed by atoms with Gasteiger partial charge in [0.25, 0.3) is 5.69 Å². The molecule has 7 heteroatoms. The molecule has 3 rings (SSSR count). The van der Waals surface area contributed by atoms with Gasteiger partial charge in [-0.3, -0.25) is 10.1 Å². The predicted molar refractivity (Wildman–Crippen MR) is 68.9 cm³/mol. The van der Waals surface area contributed by atoms with Crippen molar-refractivity contribution in [3.8, 4) is 0 Å². The number of aryl methyl sites for hydroxylation is 1. The van der Waals surface area contributed by atoms with Crippen LogP contribution in [0, 0.1) is 23.0 Å². The van der Waals surface area contributed by atoms with Crippen molar-refractivity contribution in [3.63, 3.8) is 0 Å². The number of nitrogens with one attached hydrogen (secondary N) is 1. The molecule has 0 aromatic carbocycles. The molecule has 2 fully saturated rings. The number of fused-ring (bicyclic) bond motifs is 1. The third kappa shape index (κ3) is 1.95. The molecule has 3 N–H and O–H groups in total. The van der Waals surface area contributed by atoms with Crippen molar-refractivity contribution in [2.75, 3.05) is 11.9 Å². The number of rotatable bonds is 3. The third-order valence-electron chi connectivity index (χ3n) is 4.02. The molecule has 1 saturated carbocycles. The predicted octanol–water partition coefficient (Wildman–Crippen LogP) is 0.825.